The second kappa shape index (κ2) is 5.82. The topological polar surface area (TPSA) is 81.5 Å². The third kappa shape index (κ3) is 3.16. The van der Waals surface area contributed by atoms with E-state index in [-0.39, 0.29) is 6.10 Å². The quantitative estimate of drug-likeness (QED) is 0.395. The number of aliphatic hydroxyl groups excluding tert-OH is 1. The van der Waals surface area contributed by atoms with Gasteiger partial charge in [0.15, 0.2) is 0 Å². The molecular weight excluding hydrogens is 184 g/mol. The summed E-state index contributed by atoms with van der Waals surface area (Å²) in [5.41, 5.74) is 8.09. The van der Waals surface area contributed by atoms with Gasteiger partial charge in [-0.2, -0.15) is 0 Å². The SMILES string of the molecule is CCO[C@@H]1CN(CCN=[N+]=[N-])C[C@H]1O. The van der Waals surface area contributed by atoms with Crippen LogP contribution in [0.25, 0.3) is 10.4 Å². The average molecular weight is 200 g/mol. The van der Waals surface area contributed by atoms with Crippen LogP contribution in [-0.2, 0) is 4.74 Å². The number of likely N-dealkylation sites (tertiary alicyclic amines) is 1. The molecule has 1 aliphatic heterocycles. The van der Waals surface area contributed by atoms with Gasteiger partial charge in [-0.3, -0.25) is 4.90 Å². The molecule has 1 rings (SSSR count). The first-order valence-corrected chi connectivity index (χ1v) is 4.80. The number of nitrogens with zero attached hydrogens (tertiary/aromatic N) is 4. The highest BCUT2D eigenvalue weighted by Crippen LogP contribution is 2.12. The van der Waals surface area contributed by atoms with Crippen LogP contribution in [0.3, 0.4) is 0 Å². The molecular formula is C8H16N4O2. The van der Waals surface area contributed by atoms with Crippen molar-refractivity contribution in [2.24, 2.45) is 5.11 Å². The lowest BCUT2D eigenvalue weighted by molar-refractivity contribution is -0.00240. The zero-order valence-electron chi connectivity index (χ0n) is 8.33. The molecule has 0 bridgehead atoms. The maximum absolute atomic E-state index is 9.58. The molecule has 0 saturated carbocycles. The van der Waals surface area contributed by atoms with E-state index in [4.69, 9.17) is 10.3 Å². The Labute approximate surface area is 83.1 Å². The van der Waals surface area contributed by atoms with Crippen LogP contribution in [0.15, 0.2) is 5.11 Å². The third-order valence-corrected chi connectivity index (χ3v) is 2.27. The molecule has 0 aliphatic carbocycles. The van der Waals surface area contributed by atoms with Crippen molar-refractivity contribution in [1.29, 1.82) is 0 Å². The van der Waals surface area contributed by atoms with Crippen molar-refractivity contribution in [3.8, 4) is 0 Å². The van der Waals surface area contributed by atoms with Crippen molar-refractivity contribution in [3.63, 3.8) is 0 Å². The van der Waals surface area contributed by atoms with Gasteiger partial charge in [0.05, 0.1) is 12.2 Å². The van der Waals surface area contributed by atoms with Gasteiger partial charge >= 0.3 is 0 Å². The fourth-order valence-electron chi connectivity index (χ4n) is 1.62. The van der Waals surface area contributed by atoms with Crippen LogP contribution in [0.5, 0.6) is 0 Å². The normalized spacial score (nSPS) is 27.6. The Kier molecular flexibility index (Phi) is 4.69. The Morgan fingerprint density at radius 3 is 3.07 bits per heavy atom. The average Bonchev–Trinajstić information content (AvgIpc) is 2.49. The highest BCUT2D eigenvalue weighted by atomic mass is 16.5. The predicted octanol–water partition coefficient (Wildman–Crippen LogP) is 0.378. The molecule has 14 heavy (non-hydrogen) atoms. The summed E-state index contributed by atoms with van der Waals surface area (Å²) in [4.78, 5) is 4.72. The second-order valence-corrected chi connectivity index (χ2v) is 3.28. The van der Waals surface area contributed by atoms with Crippen LogP contribution < -0.4 is 0 Å². The fourth-order valence-corrected chi connectivity index (χ4v) is 1.62. The largest absolute Gasteiger partial charge is 0.389 e. The standard InChI is InChI=1S/C8H16N4O2/c1-2-14-8-6-12(5-7(8)13)4-3-10-11-9/h7-8,13H,2-6H2,1H3/t7-,8-/m1/s1. The summed E-state index contributed by atoms with van der Waals surface area (Å²) < 4.78 is 5.36. The summed E-state index contributed by atoms with van der Waals surface area (Å²) in [5.74, 6) is 0. The molecule has 80 valence electrons. The Balaban J connectivity index is 2.27. The van der Waals surface area contributed by atoms with Crippen molar-refractivity contribution < 1.29 is 9.84 Å². The van der Waals surface area contributed by atoms with Crippen molar-refractivity contribution >= 4 is 0 Å². The summed E-state index contributed by atoms with van der Waals surface area (Å²) in [6.45, 7) is 4.98. The first kappa shape index (κ1) is 11.3. The first-order valence-electron chi connectivity index (χ1n) is 4.80. The molecule has 6 heteroatoms. The van der Waals surface area contributed by atoms with E-state index in [2.05, 4.69) is 10.0 Å². The summed E-state index contributed by atoms with van der Waals surface area (Å²) in [7, 11) is 0. The van der Waals surface area contributed by atoms with Gasteiger partial charge < -0.3 is 9.84 Å². The number of aliphatic hydroxyl groups is 1. The van der Waals surface area contributed by atoms with Crippen molar-refractivity contribution in [3.05, 3.63) is 10.4 Å². The first-order chi connectivity index (χ1) is 6.77. The van der Waals surface area contributed by atoms with E-state index in [0.29, 0.717) is 26.2 Å². The highest BCUT2D eigenvalue weighted by Gasteiger charge is 2.30. The van der Waals surface area contributed by atoms with E-state index in [9.17, 15) is 5.11 Å². The van der Waals surface area contributed by atoms with Crippen molar-refractivity contribution in [1.82, 2.24) is 4.90 Å². The maximum atomic E-state index is 9.58. The van der Waals surface area contributed by atoms with Gasteiger partial charge in [0.1, 0.15) is 0 Å². The molecule has 2 atom stereocenters. The van der Waals surface area contributed by atoms with Crippen LogP contribution in [0, 0.1) is 0 Å². The van der Waals surface area contributed by atoms with Crippen molar-refractivity contribution in [2.45, 2.75) is 19.1 Å². The third-order valence-electron chi connectivity index (χ3n) is 2.27. The van der Waals surface area contributed by atoms with Crippen LogP contribution in [0.4, 0.5) is 0 Å². The molecule has 1 fully saturated rings. The number of β-amino-alcohol motifs (C(OH)–C–C–N with tert-alkyl or cyclic N) is 1. The number of hydrogen-bond donors (Lipinski definition) is 1. The molecule has 0 spiro atoms. The second-order valence-electron chi connectivity index (χ2n) is 3.28. The van der Waals surface area contributed by atoms with E-state index in [0.717, 1.165) is 6.54 Å². The minimum Gasteiger partial charge on any atom is -0.389 e. The lowest BCUT2D eigenvalue weighted by Crippen LogP contribution is -2.27. The van der Waals surface area contributed by atoms with Crippen LogP contribution >= 0.6 is 0 Å². The van der Waals surface area contributed by atoms with Gasteiger partial charge in [0, 0.05) is 37.7 Å². The Morgan fingerprint density at radius 1 is 1.64 bits per heavy atom. The Bertz CT molecular complexity index is 217. The summed E-state index contributed by atoms with van der Waals surface area (Å²) >= 11 is 0. The van der Waals surface area contributed by atoms with E-state index < -0.39 is 6.10 Å². The van der Waals surface area contributed by atoms with Gasteiger partial charge in [-0.05, 0) is 12.5 Å². The molecule has 1 saturated heterocycles. The predicted molar refractivity (Wildman–Crippen MR) is 51.9 cm³/mol. The van der Waals surface area contributed by atoms with Gasteiger partial charge in [-0.25, -0.2) is 0 Å². The lowest BCUT2D eigenvalue weighted by atomic mass is 10.3. The number of azide groups is 1. The summed E-state index contributed by atoms with van der Waals surface area (Å²) in [6.07, 6.45) is -0.507. The van der Waals surface area contributed by atoms with E-state index in [1.54, 1.807) is 0 Å². The minimum atomic E-state index is -0.416. The van der Waals surface area contributed by atoms with Crippen molar-refractivity contribution in [2.75, 3.05) is 32.8 Å². The summed E-state index contributed by atoms with van der Waals surface area (Å²) in [5, 5.41) is 13.0. The van der Waals surface area contributed by atoms with E-state index in [1.807, 2.05) is 11.8 Å². The molecule has 0 unspecified atom stereocenters. The molecule has 1 aliphatic rings. The molecule has 0 aromatic heterocycles. The lowest BCUT2D eigenvalue weighted by Gasteiger charge is -2.13. The van der Waals surface area contributed by atoms with Crippen LogP contribution in [-0.4, -0.2) is 55.0 Å². The van der Waals surface area contributed by atoms with E-state index in [1.165, 1.54) is 0 Å². The van der Waals surface area contributed by atoms with Gasteiger partial charge in [0.25, 0.3) is 0 Å². The molecule has 0 amide bonds. The van der Waals surface area contributed by atoms with Gasteiger partial charge in [0.2, 0.25) is 0 Å². The Morgan fingerprint density at radius 2 is 2.43 bits per heavy atom. The highest BCUT2D eigenvalue weighted by molar-refractivity contribution is 4.84. The number of ether oxygens (including phenoxy) is 1. The summed E-state index contributed by atoms with van der Waals surface area (Å²) in [6, 6.07) is 0. The molecule has 0 aromatic rings. The zero-order chi connectivity index (χ0) is 10.4. The molecule has 1 N–H and O–H groups in total. The van der Waals surface area contributed by atoms with Gasteiger partial charge in [-0.1, -0.05) is 5.11 Å². The molecule has 0 radical (unpaired) electrons. The zero-order valence-corrected chi connectivity index (χ0v) is 8.33. The maximum Gasteiger partial charge on any atom is 0.0972 e. The fraction of sp³-hybridized carbons (Fsp3) is 1.00. The number of rotatable bonds is 5. The molecule has 6 nitrogen and oxygen atoms in total. The van der Waals surface area contributed by atoms with Crippen LogP contribution in [0.2, 0.25) is 0 Å². The minimum absolute atomic E-state index is 0.0916. The monoisotopic (exact) mass is 200 g/mol. The van der Waals surface area contributed by atoms with Gasteiger partial charge in [-0.15, -0.1) is 0 Å². The smallest absolute Gasteiger partial charge is 0.0972 e. The number of hydrogen-bond acceptors (Lipinski definition) is 4. The molecule has 0 aromatic carbocycles. The Hall–Kier alpha value is -0.810. The van der Waals surface area contributed by atoms with E-state index >= 15 is 0 Å². The van der Waals surface area contributed by atoms with Crippen LogP contribution in [0.1, 0.15) is 6.92 Å². The molecule has 1 heterocycles.